The Labute approximate surface area is 184 Å². The van der Waals surface area contributed by atoms with Crippen molar-refractivity contribution in [3.8, 4) is 5.13 Å². The number of aryl methyl sites for hydroxylation is 1. The highest BCUT2D eigenvalue weighted by Crippen LogP contribution is 2.24. The number of benzene rings is 2. The van der Waals surface area contributed by atoms with E-state index >= 15 is 0 Å². The largest absolute Gasteiger partial charge is 0.324 e. The second kappa shape index (κ2) is 8.81. The van der Waals surface area contributed by atoms with Crippen LogP contribution in [0, 0.1) is 13.8 Å². The molecule has 0 saturated carbocycles. The van der Waals surface area contributed by atoms with Crippen LogP contribution in [-0.2, 0) is 17.6 Å². The van der Waals surface area contributed by atoms with Gasteiger partial charge in [0.1, 0.15) is 0 Å². The lowest BCUT2D eigenvalue weighted by Gasteiger charge is -2.05. The van der Waals surface area contributed by atoms with Crippen LogP contribution in [0.25, 0.3) is 5.13 Å². The molecule has 5 nitrogen and oxygen atoms in total. The molecule has 2 aromatic carbocycles. The van der Waals surface area contributed by atoms with E-state index in [0.29, 0.717) is 16.4 Å². The number of thiazole rings is 1. The monoisotopic (exact) mass is 436 g/mol. The van der Waals surface area contributed by atoms with Crippen LogP contribution in [-0.4, -0.2) is 20.7 Å². The number of halogens is 1. The number of carbonyl (C=O) groups excluding carboxylic acids is 1. The number of carbonyl (C=O) groups is 1. The topological polar surface area (TPSA) is 59.8 Å². The zero-order chi connectivity index (χ0) is 21.1. The summed E-state index contributed by atoms with van der Waals surface area (Å²) >= 11 is 7.59. The van der Waals surface area contributed by atoms with Crippen molar-refractivity contribution in [3.05, 3.63) is 93.2 Å². The number of hydrogen-bond acceptors (Lipinski definition) is 4. The smallest absolute Gasteiger partial charge is 0.230 e. The summed E-state index contributed by atoms with van der Waals surface area (Å²) in [6, 6.07) is 17.5. The van der Waals surface area contributed by atoms with Gasteiger partial charge >= 0.3 is 0 Å². The Balaban J connectivity index is 1.49. The minimum Gasteiger partial charge on any atom is -0.324 e. The van der Waals surface area contributed by atoms with Gasteiger partial charge in [-0.25, -0.2) is 9.67 Å². The summed E-state index contributed by atoms with van der Waals surface area (Å²) < 4.78 is 1.87. The zero-order valence-corrected chi connectivity index (χ0v) is 18.3. The highest BCUT2D eigenvalue weighted by atomic mass is 35.5. The van der Waals surface area contributed by atoms with E-state index in [1.54, 1.807) is 12.1 Å². The molecule has 1 N–H and O–H groups in total. The normalized spacial score (nSPS) is 10.9. The predicted octanol–water partition coefficient (Wildman–Crippen LogP) is 5.37. The number of nitrogens with one attached hydrogen (secondary N) is 1. The standard InChI is InChI=1S/C23H21ClN4OS/c1-15-19(12-17-8-4-3-5-9-17)16(2)28(27-15)23-25-18(14-30-23)13-22(29)26-21-11-7-6-10-20(21)24/h3-11,14H,12-13H2,1-2H3,(H,26,29). The summed E-state index contributed by atoms with van der Waals surface area (Å²) in [6.45, 7) is 4.08. The van der Waals surface area contributed by atoms with Gasteiger partial charge in [0.05, 0.1) is 28.5 Å². The van der Waals surface area contributed by atoms with Crippen molar-refractivity contribution in [3.63, 3.8) is 0 Å². The summed E-state index contributed by atoms with van der Waals surface area (Å²) in [5.41, 5.74) is 5.82. The molecule has 2 aromatic heterocycles. The average Bonchev–Trinajstić information content (AvgIpc) is 3.30. The highest BCUT2D eigenvalue weighted by molar-refractivity contribution is 7.12. The molecule has 4 aromatic rings. The van der Waals surface area contributed by atoms with E-state index < -0.39 is 0 Å². The summed E-state index contributed by atoms with van der Waals surface area (Å²) in [5.74, 6) is -0.155. The van der Waals surface area contributed by atoms with Crippen LogP contribution in [0.15, 0.2) is 60.0 Å². The van der Waals surface area contributed by atoms with Gasteiger partial charge < -0.3 is 5.32 Å². The highest BCUT2D eigenvalue weighted by Gasteiger charge is 2.16. The van der Waals surface area contributed by atoms with Crippen LogP contribution in [0.5, 0.6) is 0 Å². The van der Waals surface area contributed by atoms with Crippen LogP contribution in [0.1, 0.15) is 28.2 Å². The number of rotatable bonds is 6. The molecule has 4 rings (SSSR count). The van der Waals surface area contributed by atoms with Crippen molar-refractivity contribution >= 4 is 34.5 Å². The van der Waals surface area contributed by atoms with Crippen molar-refractivity contribution < 1.29 is 4.79 Å². The van der Waals surface area contributed by atoms with E-state index in [1.165, 1.54) is 22.5 Å². The molecule has 0 radical (unpaired) electrons. The maximum atomic E-state index is 12.4. The zero-order valence-electron chi connectivity index (χ0n) is 16.7. The van der Waals surface area contributed by atoms with Gasteiger partial charge in [-0.1, -0.05) is 54.1 Å². The van der Waals surface area contributed by atoms with Gasteiger partial charge in [0.15, 0.2) is 0 Å². The number of aromatic nitrogens is 3. The van der Waals surface area contributed by atoms with Crippen molar-refractivity contribution in [2.75, 3.05) is 5.32 Å². The van der Waals surface area contributed by atoms with Gasteiger partial charge in [-0.05, 0) is 31.5 Å². The van der Waals surface area contributed by atoms with Crippen molar-refractivity contribution in [2.45, 2.75) is 26.7 Å². The number of hydrogen-bond donors (Lipinski definition) is 1. The van der Waals surface area contributed by atoms with E-state index in [-0.39, 0.29) is 12.3 Å². The molecular weight excluding hydrogens is 416 g/mol. The molecule has 152 valence electrons. The molecule has 7 heteroatoms. The first-order chi connectivity index (χ1) is 14.5. The number of nitrogens with zero attached hydrogens (tertiary/aromatic N) is 3. The fourth-order valence-electron chi connectivity index (χ4n) is 3.31. The first kappa shape index (κ1) is 20.3. The number of para-hydroxylation sites is 1. The Morgan fingerprint density at radius 3 is 2.60 bits per heavy atom. The maximum Gasteiger partial charge on any atom is 0.230 e. The van der Waals surface area contributed by atoms with Crippen LogP contribution in [0.4, 0.5) is 5.69 Å². The van der Waals surface area contributed by atoms with E-state index in [4.69, 9.17) is 16.7 Å². The third-order valence-electron chi connectivity index (χ3n) is 4.88. The molecule has 0 saturated heterocycles. The minimum absolute atomic E-state index is 0.155. The molecule has 1 amide bonds. The number of amides is 1. The Kier molecular flexibility index (Phi) is 5.97. The van der Waals surface area contributed by atoms with E-state index in [9.17, 15) is 4.79 Å². The molecular formula is C23H21ClN4OS. The first-order valence-electron chi connectivity index (χ1n) is 9.59. The molecule has 0 atom stereocenters. The molecule has 0 spiro atoms. The maximum absolute atomic E-state index is 12.4. The van der Waals surface area contributed by atoms with Crippen LogP contribution < -0.4 is 5.32 Å². The summed E-state index contributed by atoms with van der Waals surface area (Å²) in [4.78, 5) is 17.0. The van der Waals surface area contributed by atoms with Gasteiger partial charge in [-0.3, -0.25) is 4.79 Å². The number of anilines is 1. The first-order valence-corrected chi connectivity index (χ1v) is 10.8. The van der Waals surface area contributed by atoms with E-state index in [2.05, 4.69) is 29.4 Å². The Hall–Kier alpha value is -2.96. The third kappa shape index (κ3) is 4.45. The van der Waals surface area contributed by atoms with Gasteiger partial charge in [0.2, 0.25) is 11.0 Å². The second-order valence-corrected chi connectivity index (χ2v) is 8.29. The fourth-order valence-corrected chi connectivity index (χ4v) is 4.32. The third-order valence-corrected chi connectivity index (χ3v) is 6.07. The van der Waals surface area contributed by atoms with Crippen molar-refractivity contribution in [2.24, 2.45) is 0 Å². The minimum atomic E-state index is -0.155. The fraction of sp³-hybridized carbons (Fsp3) is 0.174. The summed E-state index contributed by atoms with van der Waals surface area (Å²) in [7, 11) is 0. The van der Waals surface area contributed by atoms with Crippen molar-refractivity contribution in [1.82, 2.24) is 14.8 Å². The van der Waals surface area contributed by atoms with Crippen molar-refractivity contribution in [1.29, 1.82) is 0 Å². The van der Waals surface area contributed by atoms with Gasteiger partial charge in [-0.15, -0.1) is 11.3 Å². The lowest BCUT2D eigenvalue weighted by Crippen LogP contribution is -2.15. The molecule has 0 unspecified atom stereocenters. The SMILES string of the molecule is Cc1nn(-c2nc(CC(=O)Nc3ccccc3Cl)cs2)c(C)c1Cc1ccccc1. The summed E-state index contributed by atoms with van der Waals surface area (Å²) in [6.07, 6.45) is 1.01. The van der Waals surface area contributed by atoms with E-state index in [1.807, 2.05) is 47.3 Å². The Bertz CT molecular complexity index is 1180. The van der Waals surface area contributed by atoms with Gasteiger partial charge in [0, 0.05) is 23.1 Å². The summed E-state index contributed by atoms with van der Waals surface area (Å²) in [5, 5.41) is 10.7. The molecule has 0 aliphatic rings. The average molecular weight is 437 g/mol. The lowest BCUT2D eigenvalue weighted by atomic mass is 10.0. The van der Waals surface area contributed by atoms with Crippen LogP contribution in [0.2, 0.25) is 5.02 Å². The van der Waals surface area contributed by atoms with Crippen LogP contribution in [0.3, 0.4) is 0 Å². The second-order valence-electron chi connectivity index (χ2n) is 7.05. The molecule has 0 aliphatic heterocycles. The molecule has 0 aliphatic carbocycles. The van der Waals surface area contributed by atoms with Gasteiger partial charge in [-0.2, -0.15) is 5.10 Å². The quantitative estimate of drug-likeness (QED) is 0.442. The Morgan fingerprint density at radius 2 is 1.83 bits per heavy atom. The molecule has 2 heterocycles. The van der Waals surface area contributed by atoms with Crippen LogP contribution >= 0.6 is 22.9 Å². The lowest BCUT2D eigenvalue weighted by molar-refractivity contribution is -0.115. The van der Waals surface area contributed by atoms with E-state index in [0.717, 1.165) is 22.9 Å². The Morgan fingerprint density at radius 1 is 1.10 bits per heavy atom. The van der Waals surface area contributed by atoms with Gasteiger partial charge in [0.25, 0.3) is 0 Å². The molecule has 30 heavy (non-hydrogen) atoms. The molecule has 0 bridgehead atoms. The molecule has 0 fully saturated rings. The predicted molar refractivity (Wildman–Crippen MR) is 122 cm³/mol.